The van der Waals surface area contributed by atoms with Crippen LogP contribution in [-0.4, -0.2) is 20.8 Å². The maximum absolute atomic E-state index is 10.4. The molecule has 0 amide bonds. The Morgan fingerprint density at radius 1 is 1.38 bits per heavy atom. The molecule has 0 saturated heterocycles. The molecule has 0 spiro atoms. The lowest BCUT2D eigenvalue weighted by Gasteiger charge is -1.93. The van der Waals surface area contributed by atoms with E-state index in [1.54, 1.807) is 41.8 Å². The highest BCUT2D eigenvalue weighted by Crippen LogP contribution is 2.17. The Labute approximate surface area is 91.0 Å². The summed E-state index contributed by atoms with van der Waals surface area (Å²) in [4.78, 5) is 17.9. The average molecular weight is 216 g/mol. The molecule has 80 valence electrons. The highest BCUT2D eigenvalue weighted by molar-refractivity contribution is 5.63. The van der Waals surface area contributed by atoms with Gasteiger partial charge in [0, 0.05) is 24.5 Å². The largest absolute Gasteiger partial charge is 0.297 e. The number of aromatic nitrogens is 2. The zero-order valence-corrected chi connectivity index (χ0v) is 8.22. The van der Waals surface area contributed by atoms with Gasteiger partial charge in [-0.05, 0) is 12.1 Å². The van der Waals surface area contributed by atoms with Crippen LogP contribution in [0.2, 0.25) is 0 Å². The van der Waals surface area contributed by atoms with E-state index >= 15 is 0 Å². The van der Waals surface area contributed by atoms with Crippen LogP contribution in [0.15, 0.2) is 48.0 Å². The first-order valence-corrected chi connectivity index (χ1v) is 4.52. The zero-order chi connectivity index (χ0) is 11.4. The van der Waals surface area contributed by atoms with E-state index in [1.807, 2.05) is 0 Å². The molecule has 0 fully saturated rings. The predicted octanol–water partition coefficient (Wildman–Crippen LogP) is 2.00. The van der Waals surface area contributed by atoms with E-state index in [-0.39, 0.29) is 5.69 Å². The van der Waals surface area contributed by atoms with Gasteiger partial charge in [-0.3, -0.25) is 14.7 Å². The maximum Gasteiger partial charge on any atom is 0.269 e. The third kappa shape index (κ3) is 2.30. The number of hydrogen-bond donors (Lipinski definition) is 0. The summed E-state index contributed by atoms with van der Waals surface area (Å²) < 4.78 is 1.68. The molecule has 0 aliphatic heterocycles. The first kappa shape index (κ1) is 10.0. The molecule has 2 aromatic rings. The minimum absolute atomic E-state index is 0.0570. The van der Waals surface area contributed by atoms with Crippen LogP contribution in [-0.2, 0) is 0 Å². The molecule has 0 N–H and O–H groups in total. The molecule has 2 rings (SSSR count). The summed E-state index contributed by atoms with van der Waals surface area (Å²) in [6.07, 6.45) is 6.57. The smallest absolute Gasteiger partial charge is 0.269 e. The second-order valence-electron chi connectivity index (χ2n) is 3.03. The molecule has 1 aromatic carbocycles. The van der Waals surface area contributed by atoms with E-state index in [4.69, 9.17) is 0 Å². The van der Waals surface area contributed by atoms with Crippen molar-refractivity contribution in [2.24, 2.45) is 4.99 Å². The number of aliphatic imine (C=N–C) groups is 1. The summed E-state index contributed by atoms with van der Waals surface area (Å²) in [7, 11) is 0. The van der Waals surface area contributed by atoms with E-state index in [2.05, 4.69) is 9.98 Å². The first-order valence-electron chi connectivity index (χ1n) is 4.52. The lowest BCUT2D eigenvalue weighted by atomic mass is 10.3. The molecule has 0 aliphatic rings. The van der Waals surface area contributed by atoms with Crippen LogP contribution in [0.1, 0.15) is 0 Å². The lowest BCUT2D eigenvalue weighted by molar-refractivity contribution is -0.384. The number of imidazole rings is 1. The van der Waals surface area contributed by atoms with Crippen molar-refractivity contribution >= 4 is 17.7 Å². The predicted molar refractivity (Wildman–Crippen MR) is 58.9 cm³/mol. The molecule has 16 heavy (non-hydrogen) atoms. The first-order chi connectivity index (χ1) is 7.75. The van der Waals surface area contributed by atoms with Gasteiger partial charge >= 0.3 is 0 Å². The molecule has 0 atom stereocenters. The Bertz CT molecular complexity index is 502. The number of nitro benzene ring substituents is 1. The molecule has 6 nitrogen and oxygen atoms in total. The maximum atomic E-state index is 10.4. The van der Waals surface area contributed by atoms with Gasteiger partial charge < -0.3 is 0 Å². The van der Waals surface area contributed by atoms with Crippen molar-refractivity contribution in [1.82, 2.24) is 9.55 Å². The third-order valence-corrected chi connectivity index (χ3v) is 1.93. The molecule has 0 unspecified atom stereocenters. The van der Waals surface area contributed by atoms with Gasteiger partial charge in [-0.15, -0.1) is 0 Å². The average Bonchev–Trinajstić information content (AvgIpc) is 2.80. The molecular formula is C10H8N4O2. The standard InChI is InChI=1S/C10H8N4O2/c15-14(16)10-3-1-9(2-4-10)12-8-13-6-5-11-7-13/h1-8H. The Balaban J connectivity index is 2.14. The molecule has 1 aromatic heterocycles. The van der Waals surface area contributed by atoms with Crippen LogP contribution >= 0.6 is 0 Å². The zero-order valence-electron chi connectivity index (χ0n) is 8.22. The summed E-state index contributed by atoms with van der Waals surface area (Å²) in [6.45, 7) is 0. The minimum atomic E-state index is -0.441. The van der Waals surface area contributed by atoms with Gasteiger partial charge in [-0.1, -0.05) is 0 Å². The van der Waals surface area contributed by atoms with Gasteiger partial charge in [0.2, 0.25) is 0 Å². The van der Waals surface area contributed by atoms with Crippen molar-refractivity contribution in [1.29, 1.82) is 0 Å². The van der Waals surface area contributed by atoms with Crippen LogP contribution in [0.4, 0.5) is 11.4 Å². The van der Waals surface area contributed by atoms with Crippen molar-refractivity contribution in [3.63, 3.8) is 0 Å². The number of nitrogens with zero attached hydrogens (tertiary/aromatic N) is 4. The van der Waals surface area contributed by atoms with Gasteiger partial charge in [0.15, 0.2) is 0 Å². The second kappa shape index (κ2) is 4.35. The molecule has 0 aliphatic carbocycles. The van der Waals surface area contributed by atoms with E-state index in [0.717, 1.165) is 0 Å². The topological polar surface area (TPSA) is 73.3 Å². The monoisotopic (exact) mass is 216 g/mol. The van der Waals surface area contributed by atoms with Crippen LogP contribution in [0.3, 0.4) is 0 Å². The summed E-state index contributed by atoms with van der Waals surface area (Å²) >= 11 is 0. The number of non-ortho nitro benzene ring substituents is 1. The Morgan fingerprint density at radius 3 is 2.69 bits per heavy atom. The Hall–Kier alpha value is -2.50. The van der Waals surface area contributed by atoms with Crippen molar-refractivity contribution in [3.05, 3.63) is 53.1 Å². The normalized spacial score (nSPS) is 10.8. The SMILES string of the molecule is O=[N+]([O-])c1ccc(N=Cn2ccnc2)cc1. The van der Waals surface area contributed by atoms with Crippen LogP contribution < -0.4 is 0 Å². The molecule has 0 bridgehead atoms. The Morgan fingerprint density at radius 2 is 2.12 bits per heavy atom. The van der Waals surface area contributed by atoms with Gasteiger partial charge in [0.05, 0.1) is 16.9 Å². The third-order valence-electron chi connectivity index (χ3n) is 1.93. The second-order valence-corrected chi connectivity index (χ2v) is 3.03. The van der Waals surface area contributed by atoms with E-state index in [1.165, 1.54) is 12.1 Å². The number of benzene rings is 1. The molecular weight excluding hydrogens is 208 g/mol. The lowest BCUT2D eigenvalue weighted by Crippen LogP contribution is -1.89. The Kier molecular flexibility index (Phi) is 2.73. The molecule has 0 radical (unpaired) electrons. The number of nitro groups is 1. The minimum Gasteiger partial charge on any atom is -0.297 e. The van der Waals surface area contributed by atoms with Crippen LogP contribution in [0, 0.1) is 10.1 Å². The highest BCUT2D eigenvalue weighted by Gasteiger charge is 2.02. The number of rotatable bonds is 3. The van der Waals surface area contributed by atoms with Crippen molar-refractivity contribution in [2.45, 2.75) is 0 Å². The van der Waals surface area contributed by atoms with Gasteiger partial charge in [-0.25, -0.2) is 9.98 Å². The fraction of sp³-hybridized carbons (Fsp3) is 0. The van der Waals surface area contributed by atoms with E-state index in [0.29, 0.717) is 5.69 Å². The van der Waals surface area contributed by atoms with Gasteiger partial charge in [0.25, 0.3) is 5.69 Å². The van der Waals surface area contributed by atoms with E-state index < -0.39 is 4.92 Å². The summed E-state index contributed by atoms with van der Waals surface area (Å²) in [5, 5.41) is 10.4. The van der Waals surface area contributed by atoms with Crippen molar-refractivity contribution in [3.8, 4) is 0 Å². The van der Waals surface area contributed by atoms with Gasteiger partial charge in [0.1, 0.15) is 6.34 Å². The van der Waals surface area contributed by atoms with Crippen molar-refractivity contribution < 1.29 is 4.92 Å². The highest BCUT2D eigenvalue weighted by atomic mass is 16.6. The molecule has 0 saturated carbocycles. The molecule has 1 heterocycles. The van der Waals surface area contributed by atoms with Crippen LogP contribution in [0.25, 0.3) is 0 Å². The fourth-order valence-electron chi connectivity index (χ4n) is 1.13. The quantitative estimate of drug-likeness (QED) is 0.341. The summed E-state index contributed by atoms with van der Waals surface area (Å²) in [5.41, 5.74) is 0.709. The fourth-order valence-corrected chi connectivity index (χ4v) is 1.13. The van der Waals surface area contributed by atoms with E-state index in [9.17, 15) is 10.1 Å². The summed E-state index contributed by atoms with van der Waals surface area (Å²) in [6, 6.07) is 6.01. The van der Waals surface area contributed by atoms with Gasteiger partial charge in [-0.2, -0.15) is 0 Å². The molecule has 6 heteroatoms. The number of hydrogen-bond acceptors (Lipinski definition) is 4. The van der Waals surface area contributed by atoms with Crippen molar-refractivity contribution in [2.75, 3.05) is 0 Å². The van der Waals surface area contributed by atoms with Crippen LogP contribution in [0.5, 0.6) is 0 Å². The summed E-state index contributed by atoms with van der Waals surface area (Å²) in [5.74, 6) is 0.